The van der Waals surface area contributed by atoms with Gasteiger partial charge >= 0.3 is 0 Å². The fraction of sp³-hybridized carbons (Fsp3) is 0.619. The molecule has 2 heterocycles. The van der Waals surface area contributed by atoms with Gasteiger partial charge in [0.15, 0.2) is 0 Å². The van der Waals surface area contributed by atoms with Crippen molar-refractivity contribution in [3.05, 3.63) is 33.7 Å². The molecule has 3 rings (SSSR count). The van der Waals surface area contributed by atoms with Crippen LogP contribution in [0.1, 0.15) is 79.0 Å². The second-order valence-corrected chi connectivity index (χ2v) is 8.50. The molecule has 3 N–H and O–H groups in total. The molecule has 8 nitrogen and oxygen atoms in total. The number of nitrogens with one attached hydrogen (secondary N) is 3. The lowest BCUT2D eigenvalue weighted by Gasteiger charge is -2.23. The Balaban J connectivity index is 1.71. The Morgan fingerprint density at radius 2 is 2.17 bits per heavy atom. The van der Waals surface area contributed by atoms with Crippen molar-refractivity contribution in [2.75, 3.05) is 0 Å². The average Bonchev–Trinajstić information content (AvgIpc) is 3.41. The van der Waals surface area contributed by atoms with Crippen LogP contribution in [0.5, 0.6) is 0 Å². The Hall–Kier alpha value is -2.42. The number of rotatable bonds is 8. The zero-order valence-electron chi connectivity index (χ0n) is 18.1. The second-order valence-electron chi connectivity index (χ2n) is 8.13. The highest BCUT2D eigenvalue weighted by atomic mass is 32.1. The lowest BCUT2D eigenvalue weighted by atomic mass is 10.0. The monoisotopic (exact) mass is 433 g/mol. The standard InChI is InChI=1S/C21H31N5O3S/c1-5-6-9-16(23-19(28)17-11-12(2)13(3)26(17)4)18(27)22-15-10-7-8-14(15)20-24-25-21(30)29-20/h11,14-16H,5-10H2,1-4H3,(H,22,27)(H,23,28)(H,25,30)/t14-,15+,16+/m1/s1. The summed E-state index contributed by atoms with van der Waals surface area (Å²) in [5, 5.41) is 12.9. The van der Waals surface area contributed by atoms with E-state index >= 15 is 0 Å². The number of aromatic nitrogens is 3. The molecule has 1 fully saturated rings. The quantitative estimate of drug-likeness (QED) is 0.553. The summed E-state index contributed by atoms with van der Waals surface area (Å²) in [6.07, 6.45) is 5.08. The highest BCUT2D eigenvalue weighted by molar-refractivity contribution is 7.71. The molecule has 0 spiro atoms. The van der Waals surface area contributed by atoms with E-state index in [0.717, 1.165) is 43.4 Å². The number of aromatic amines is 1. The van der Waals surface area contributed by atoms with Crippen LogP contribution in [0.15, 0.2) is 10.5 Å². The molecule has 2 aromatic heterocycles. The number of hydrogen-bond donors (Lipinski definition) is 3. The van der Waals surface area contributed by atoms with Gasteiger partial charge in [0.05, 0.1) is 5.92 Å². The van der Waals surface area contributed by atoms with Gasteiger partial charge < -0.3 is 19.6 Å². The smallest absolute Gasteiger partial charge is 0.284 e. The van der Waals surface area contributed by atoms with E-state index in [-0.39, 0.29) is 28.6 Å². The minimum Gasteiger partial charge on any atom is -0.414 e. The summed E-state index contributed by atoms with van der Waals surface area (Å²) < 4.78 is 7.34. The summed E-state index contributed by atoms with van der Waals surface area (Å²) in [7, 11) is 1.86. The van der Waals surface area contributed by atoms with E-state index in [9.17, 15) is 9.59 Å². The molecular formula is C21H31N5O3S. The molecule has 0 aliphatic heterocycles. The maximum atomic E-state index is 13.1. The Kier molecular flexibility index (Phi) is 7.12. The van der Waals surface area contributed by atoms with Crippen molar-refractivity contribution in [1.29, 1.82) is 0 Å². The van der Waals surface area contributed by atoms with Gasteiger partial charge in [-0.15, -0.1) is 5.10 Å². The molecule has 0 radical (unpaired) electrons. The van der Waals surface area contributed by atoms with Gasteiger partial charge in [0.2, 0.25) is 11.8 Å². The maximum absolute atomic E-state index is 13.1. The van der Waals surface area contributed by atoms with Crippen LogP contribution in [0.4, 0.5) is 0 Å². The Morgan fingerprint density at radius 3 is 2.77 bits per heavy atom. The Labute approximate surface area is 181 Å². The molecule has 30 heavy (non-hydrogen) atoms. The molecule has 2 aromatic rings. The largest absolute Gasteiger partial charge is 0.414 e. The molecule has 3 atom stereocenters. The van der Waals surface area contributed by atoms with E-state index in [1.807, 2.05) is 31.5 Å². The van der Waals surface area contributed by atoms with Crippen LogP contribution in [0.3, 0.4) is 0 Å². The summed E-state index contributed by atoms with van der Waals surface area (Å²) in [6.45, 7) is 6.02. The van der Waals surface area contributed by atoms with Crippen LogP contribution in [0, 0.1) is 18.7 Å². The van der Waals surface area contributed by atoms with Crippen LogP contribution in [-0.2, 0) is 11.8 Å². The number of H-pyrrole nitrogens is 1. The van der Waals surface area contributed by atoms with Crippen LogP contribution in [0.2, 0.25) is 0 Å². The number of unbranched alkanes of at least 4 members (excludes halogenated alkanes) is 1. The minimum absolute atomic E-state index is 0.0115. The van der Waals surface area contributed by atoms with Crippen LogP contribution < -0.4 is 10.6 Å². The van der Waals surface area contributed by atoms with Crippen molar-refractivity contribution >= 4 is 24.0 Å². The molecule has 164 valence electrons. The molecule has 0 unspecified atom stereocenters. The zero-order valence-corrected chi connectivity index (χ0v) is 18.9. The van der Waals surface area contributed by atoms with Gasteiger partial charge in [-0.3, -0.25) is 9.59 Å². The number of carbonyl (C=O) groups excluding carboxylic acids is 2. The first-order valence-corrected chi connectivity index (χ1v) is 11.0. The predicted octanol–water partition coefficient (Wildman–Crippen LogP) is 3.43. The Morgan fingerprint density at radius 1 is 1.40 bits per heavy atom. The van der Waals surface area contributed by atoms with Crippen molar-refractivity contribution in [3.8, 4) is 0 Å². The van der Waals surface area contributed by atoms with Gasteiger partial charge in [-0.25, -0.2) is 5.10 Å². The van der Waals surface area contributed by atoms with Crippen LogP contribution >= 0.6 is 12.2 Å². The van der Waals surface area contributed by atoms with Gasteiger partial charge in [-0.1, -0.05) is 26.2 Å². The topological polar surface area (TPSA) is 105 Å². The molecule has 0 saturated heterocycles. The third-order valence-electron chi connectivity index (χ3n) is 6.10. The van der Waals surface area contributed by atoms with E-state index in [2.05, 4.69) is 27.8 Å². The molecule has 1 saturated carbocycles. The predicted molar refractivity (Wildman–Crippen MR) is 116 cm³/mol. The first kappa shape index (κ1) is 22.3. The summed E-state index contributed by atoms with van der Waals surface area (Å²) in [6, 6.07) is 1.19. The van der Waals surface area contributed by atoms with Crippen molar-refractivity contribution in [1.82, 2.24) is 25.4 Å². The zero-order chi connectivity index (χ0) is 21.8. The van der Waals surface area contributed by atoms with Crippen LogP contribution in [-0.4, -0.2) is 38.7 Å². The summed E-state index contributed by atoms with van der Waals surface area (Å²) in [5.74, 6) is 0.130. The lowest BCUT2D eigenvalue weighted by molar-refractivity contribution is -0.124. The molecule has 0 bridgehead atoms. The SMILES string of the molecule is CCCC[C@H](NC(=O)c1cc(C)c(C)n1C)C(=O)N[C@H]1CCC[C@H]1c1n[nH]c(=S)o1. The summed E-state index contributed by atoms with van der Waals surface area (Å²) in [5.41, 5.74) is 2.65. The van der Waals surface area contributed by atoms with Crippen molar-refractivity contribution < 1.29 is 14.0 Å². The average molecular weight is 434 g/mol. The van der Waals surface area contributed by atoms with E-state index in [1.165, 1.54) is 0 Å². The van der Waals surface area contributed by atoms with Gasteiger partial charge in [0, 0.05) is 18.8 Å². The first-order chi connectivity index (χ1) is 14.3. The van der Waals surface area contributed by atoms with Gasteiger partial charge in [-0.05, 0) is 57.0 Å². The van der Waals surface area contributed by atoms with Gasteiger partial charge in [0.25, 0.3) is 10.7 Å². The Bertz CT molecular complexity index is 960. The molecule has 1 aliphatic carbocycles. The van der Waals surface area contributed by atoms with Crippen molar-refractivity contribution in [3.63, 3.8) is 0 Å². The third-order valence-corrected chi connectivity index (χ3v) is 6.28. The van der Waals surface area contributed by atoms with Crippen LogP contribution in [0.25, 0.3) is 0 Å². The normalized spacial score (nSPS) is 19.6. The van der Waals surface area contributed by atoms with E-state index < -0.39 is 6.04 Å². The molecule has 1 aliphatic rings. The van der Waals surface area contributed by atoms with Gasteiger partial charge in [0.1, 0.15) is 11.7 Å². The number of carbonyl (C=O) groups is 2. The molecule has 0 aromatic carbocycles. The van der Waals surface area contributed by atoms with Crippen molar-refractivity contribution in [2.24, 2.45) is 7.05 Å². The highest BCUT2D eigenvalue weighted by Crippen LogP contribution is 2.33. The first-order valence-electron chi connectivity index (χ1n) is 10.6. The number of aryl methyl sites for hydroxylation is 1. The van der Waals surface area contributed by atoms with Gasteiger partial charge in [-0.2, -0.15) is 0 Å². The maximum Gasteiger partial charge on any atom is 0.284 e. The fourth-order valence-corrected chi connectivity index (χ4v) is 4.22. The third kappa shape index (κ3) is 4.83. The summed E-state index contributed by atoms with van der Waals surface area (Å²) >= 11 is 4.98. The molecular weight excluding hydrogens is 402 g/mol. The fourth-order valence-electron chi connectivity index (χ4n) is 4.09. The molecule has 2 amide bonds. The molecule has 9 heteroatoms. The highest BCUT2D eigenvalue weighted by Gasteiger charge is 2.35. The second kappa shape index (κ2) is 9.59. The van der Waals surface area contributed by atoms with Crippen molar-refractivity contribution in [2.45, 2.75) is 77.3 Å². The van der Waals surface area contributed by atoms with E-state index in [4.69, 9.17) is 16.6 Å². The number of amides is 2. The minimum atomic E-state index is -0.583. The number of hydrogen-bond acceptors (Lipinski definition) is 5. The summed E-state index contributed by atoms with van der Waals surface area (Å²) in [4.78, 5) is 26.2. The van der Waals surface area contributed by atoms with E-state index in [0.29, 0.717) is 18.0 Å². The lowest BCUT2D eigenvalue weighted by Crippen LogP contribution is -2.50. The number of nitrogens with zero attached hydrogens (tertiary/aromatic N) is 2. The van der Waals surface area contributed by atoms with E-state index in [1.54, 1.807) is 0 Å².